The smallest absolute Gasteiger partial charge is 0.280 e. The fourth-order valence-corrected chi connectivity index (χ4v) is 2.70. The summed E-state index contributed by atoms with van der Waals surface area (Å²) >= 11 is 16.1. The maximum atomic E-state index is 10.6. The summed E-state index contributed by atoms with van der Waals surface area (Å²) in [6.45, 7) is 0. The highest BCUT2D eigenvalue weighted by atomic mass is 79.9. The van der Waals surface area contributed by atoms with Gasteiger partial charge in [-0.15, -0.1) is 0 Å². The molecule has 2 rings (SSSR count). The third-order valence-corrected chi connectivity index (χ3v) is 3.84. The summed E-state index contributed by atoms with van der Waals surface area (Å²) in [5.41, 5.74) is 0. The molecule has 0 saturated heterocycles. The fourth-order valence-electron chi connectivity index (χ4n) is 1.06. The second-order valence-electron chi connectivity index (χ2n) is 2.93. The Hall–Kier alpha value is -0.620. The number of halogens is 3. The van der Waals surface area contributed by atoms with Crippen LogP contribution in [0.15, 0.2) is 22.7 Å². The average Bonchev–Trinajstić information content (AvgIpc) is 2.63. The Morgan fingerprint density at radius 3 is 2.76 bits per heavy atom. The molecule has 1 aromatic heterocycles. The van der Waals surface area contributed by atoms with Crippen molar-refractivity contribution in [3.8, 4) is 10.9 Å². The van der Waals surface area contributed by atoms with Gasteiger partial charge in [-0.05, 0) is 18.2 Å². The van der Waals surface area contributed by atoms with Crippen LogP contribution in [0.2, 0.25) is 10.2 Å². The molecular formula is C10H4BrCl2NO2S. The minimum atomic E-state index is 0.133. The second-order valence-corrected chi connectivity index (χ2v) is 5.60. The summed E-state index contributed by atoms with van der Waals surface area (Å²) < 4.78 is 6.29. The van der Waals surface area contributed by atoms with Crippen molar-refractivity contribution in [2.24, 2.45) is 0 Å². The Labute approximate surface area is 119 Å². The molecule has 0 spiro atoms. The lowest BCUT2D eigenvalue weighted by atomic mass is 10.3. The van der Waals surface area contributed by atoms with E-state index in [2.05, 4.69) is 20.9 Å². The normalized spacial score (nSPS) is 10.3. The van der Waals surface area contributed by atoms with Gasteiger partial charge in [-0.1, -0.05) is 50.5 Å². The lowest BCUT2D eigenvalue weighted by molar-refractivity contribution is 0.112. The van der Waals surface area contributed by atoms with Gasteiger partial charge in [0.1, 0.15) is 10.6 Å². The van der Waals surface area contributed by atoms with Gasteiger partial charge in [0.2, 0.25) is 0 Å². The van der Waals surface area contributed by atoms with E-state index in [-0.39, 0.29) is 10.3 Å². The quantitative estimate of drug-likeness (QED) is 0.743. The van der Waals surface area contributed by atoms with Crippen molar-refractivity contribution in [3.05, 3.63) is 37.7 Å². The number of hydrogen-bond donors (Lipinski definition) is 0. The van der Waals surface area contributed by atoms with Gasteiger partial charge in [-0.25, -0.2) is 0 Å². The van der Waals surface area contributed by atoms with E-state index in [0.717, 1.165) is 15.8 Å². The molecule has 0 aliphatic heterocycles. The molecule has 0 N–H and O–H groups in total. The predicted octanol–water partition coefficient (Wildman–Crippen LogP) is 4.82. The molecule has 2 aromatic rings. The van der Waals surface area contributed by atoms with Gasteiger partial charge < -0.3 is 4.74 Å². The molecule has 0 amide bonds. The topological polar surface area (TPSA) is 39.2 Å². The van der Waals surface area contributed by atoms with Crippen molar-refractivity contribution in [2.75, 3.05) is 0 Å². The SMILES string of the molecule is O=Cc1sc(Oc2ccc(Br)cc2Cl)nc1Cl. The van der Waals surface area contributed by atoms with Crippen LogP contribution >= 0.6 is 50.5 Å². The first-order chi connectivity index (χ1) is 8.10. The van der Waals surface area contributed by atoms with Crippen molar-refractivity contribution in [3.63, 3.8) is 0 Å². The van der Waals surface area contributed by atoms with Gasteiger partial charge >= 0.3 is 0 Å². The van der Waals surface area contributed by atoms with E-state index in [1.165, 1.54) is 0 Å². The maximum absolute atomic E-state index is 10.6. The maximum Gasteiger partial charge on any atom is 0.280 e. The first-order valence-electron chi connectivity index (χ1n) is 4.34. The van der Waals surface area contributed by atoms with Crippen LogP contribution in [0.4, 0.5) is 0 Å². The molecule has 0 bridgehead atoms. The van der Waals surface area contributed by atoms with E-state index in [9.17, 15) is 4.79 Å². The second kappa shape index (κ2) is 5.35. The number of nitrogens with zero attached hydrogens (tertiary/aromatic N) is 1. The number of rotatable bonds is 3. The molecule has 0 saturated carbocycles. The third kappa shape index (κ3) is 2.98. The van der Waals surface area contributed by atoms with Gasteiger partial charge in [0.05, 0.1) is 5.02 Å². The minimum absolute atomic E-state index is 0.133. The summed E-state index contributed by atoms with van der Waals surface area (Å²) in [5.74, 6) is 0.456. The van der Waals surface area contributed by atoms with Crippen LogP contribution in [0.5, 0.6) is 10.9 Å². The standard InChI is InChI=1S/C10H4BrCl2NO2S/c11-5-1-2-7(6(12)3-5)16-10-14-9(13)8(4-15)17-10/h1-4H. The fraction of sp³-hybridized carbons (Fsp3) is 0. The molecule has 1 aromatic carbocycles. The van der Waals surface area contributed by atoms with Crippen LogP contribution in [-0.2, 0) is 0 Å². The zero-order valence-electron chi connectivity index (χ0n) is 8.12. The van der Waals surface area contributed by atoms with E-state index in [1.54, 1.807) is 18.2 Å². The summed E-state index contributed by atoms with van der Waals surface area (Å²) in [7, 11) is 0. The van der Waals surface area contributed by atoms with Crippen LogP contribution < -0.4 is 4.74 Å². The van der Waals surface area contributed by atoms with E-state index in [0.29, 0.717) is 21.9 Å². The Morgan fingerprint density at radius 1 is 1.41 bits per heavy atom. The van der Waals surface area contributed by atoms with Crippen molar-refractivity contribution < 1.29 is 9.53 Å². The predicted molar refractivity (Wildman–Crippen MR) is 71.7 cm³/mol. The zero-order chi connectivity index (χ0) is 12.4. The molecule has 0 aliphatic carbocycles. The number of aromatic nitrogens is 1. The largest absolute Gasteiger partial charge is 0.429 e. The number of ether oxygens (including phenoxy) is 1. The molecule has 0 fully saturated rings. The molecule has 88 valence electrons. The average molecular weight is 353 g/mol. The first-order valence-corrected chi connectivity index (χ1v) is 6.71. The van der Waals surface area contributed by atoms with Gasteiger partial charge in [0, 0.05) is 4.47 Å². The molecule has 0 aliphatic rings. The van der Waals surface area contributed by atoms with Crippen molar-refractivity contribution in [2.45, 2.75) is 0 Å². The molecule has 1 heterocycles. The lowest BCUT2D eigenvalue weighted by Gasteiger charge is -2.03. The first kappa shape index (κ1) is 12.8. The van der Waals surface area contributed by atoms with E-state index < -0.39 is 0 Å². The van der Waals surface area contributed by atoms with Crippen LogP contribution in [-0.4, -0.2) is 11.3 Å². The number of hydrogen-bond acceptors (Lipinski definition) is 4. The Kier molecular flexibility index (Phi) is 4.04. The lowest BCUT2D eigenvalue weighted by Crippen LogP contribution is -1.83. The number of carbonyl (C=O) groups excluding carboxylic acids is 1. The highest BCUT2D eigenvalue weighted by Gasteiger charge is 2.11. The number of benzene rings is 1. The molecule has 3 nitrogen and oxygen atoms in total. The summed E-state index contributed by atoms with van der Waals surface area (Å²) in [4.78, 5) is 14.8. The van der Waals surface area contributed by atoms with Crippen molar-refractivity contribution in [1.82, 2.24) is 4.98 Å². The minimum Gasteiger partial charge on any atom is -0.429 e. The van der Waals surface area contributed by atoms with Crippen LogP contribution in [0.1, 0.15) is 9.67 Å². The molecule has 0 radical (unpaired) electrons. The Bertz CT molecular complexity index is 573. The van der Waals surface area contributed by atoms with E-state index in [1.807, 2.05) is 0 Å². The highest BCUT2D eigenvalue weighted by Crippen LogP contribution is 2.35. The third-order valence-electron chi connectivity index (χ3n) is 1.79. The molecule has 0 unspecified atom stereocenters. The van der Waals surface area contributed by atoms with Gasteiger partial charge in [0.15, 0.2) is 11.4 Å². The molecule has 0 atom stereocenters. The highest BCUT2D eigenvalue weighted by molar-refractivity contribution is 9.10. The van der Waals surface area contributed by atoms with Crippen LogP contribution in [0.25, 0.3) is 0 Å². The van der Waals surface area contributed by atoms with Gasteiger partial charge in [-0.3, -0.25) is 4.79 Å². The van der Waals surface area contributed by atoms with E-state index in [4.69, 9.17) is 27.9 Å². The van der Waals surface area contributed by atoms with E-state index >= 15 is 0 Å². The number of aldehydes is 1. The number of carbonyl (C=O) groups is 1. The molecular weight excluding hydrogens is 349 g/mol. The Balaban J connectivity index is 2.28. The van der Waals surface area contributed by atoms with Crippen LogP contribution in [0, 0.1) is 0 Å². The van der Waals surface area contributed by atoms with Gasteiger partial charge in [-0.2, -0.15) is 4.98 Å². The summed E-state index contributed by atoms with van der Waals surface area (Å²) in [6, 6.07) is 5.19. The van der Waals surface area contributed by atoms with Crippen molar-refractivity contribution in [1.29, 1.82) is 0 Å². The zero-order valence-corrected chi connectivity index (χ0v) is 12.0. The summed E-state index contributed by atoms with van der Waals surface area (Å²) in [6.07, 6.45) is 0.635. The molecule has 17 heavy (non-hydrogen) atoms. The number of thiazole rings is 1. The summed E-state index contributed by atoms with van der Waals surface area (Å²) in [5, 5.41) is 0.855. The molecule has 7 heteroatoms. The van der Waals surface area contributed by atoms with Crippen molar-refractivity contribution >= 4 is 56.8 Å². The van der Waals surface area contributed by atoms with Crippen LogP contribution in [0.3, 0.4) is 0 Å². The Morgan fingerprint density at radius 2 is 2.18 bits per heavy atom. The van der Waals surface area contributed by atoms with Gasteiger partial charge in [0.25, 0.3) is 5.19 Å². The monoisotopic (exact) mass is 351 g/mol.